The first-order valence-electron chi connectivity index (χ1n) is 6.66. The first-order valence-corrected chi connectivity index (χ1v) is 6.66. The molecule has 0 aromatic heterocycles. The highest BCUT2D eigenvalue weighted by atomic mass is 19.4. The molecule has 4 nitrogen and oxygen atoms in total. The van der Waals surface area contributed by atoms with Crippen molar-refractivity contribution in [1.29, 1.82) is 0 Å². The van der Waals surface area contributed by atoms with Crippen molar-refractivity contribution < 1.29 is 23.1 Å². The normalized spacial score (nSPS) is 18.6. The minimum atomic E-state index is -4.36. The van der Waals surface area contributed by atoms with Crippen molar-refractivity contribution in [3.63, 3.8) is 0 Å². The van der Waals surface area contributed by atoms with Crippen molar-refractivity contribution in [2.24, 2.45) is 0 Å². The van der Waals surface area contributed by atoms with Gasteiger partial charge in [-0.25, -0.2) is 0 Å². The van der Waals surface area contributed by atoms with Gasteiger partial charge in [0.25, 0.3) is 0 Å². The summed E-state index contributed by atoms with van der Waals surface area (Å²) < 4.78 is 38.2. The third-order valence-electron chi connectivity index (χ3n) is 3.82. The van der Waals surface area contributed by atoms with E-state index in [4.69, 9.17) is 0 Å². The molecule has 21 heavy (non-hydrogen) atoms. The minimum Gasteiger partial charge on any atom is -0.530 e. The number of alkyl halides is 3. The summed E-state index contributed by atoms with van der Waals surface area (Å²) in [6, 6.07) is 5.05. The smallest absolute Gasteiger partial charge is 0.416 e. The molecule has 0 radical (unpaired) electrons. The summed E-state index contributed by atoms with van der Waals surface area (Å²) in [6.07, 6.45) is -5.56. The lowest BCUT2D eigenvalue weighted by atomic mass is 10.0. The highest BCUT2D eigenvalue weighted by Crippen LogP contribution is 2.32. The Labute approximate surface area is 120 Å². The first-order chi connectivity index (χ1) is 9.79. The van der Waals surface area contributed by atoms with Gasteiger partial charge in [-0.3, -0.25) is 4.90 Å². The van der Waals surface area contributed by atoms with Crippen molar-refractivity contribution in [3.05, 3.63) is 35.4 Å². The molecule has 0 bridgehead atoms. The fourth-order valence-corrected chi connectivity index (χ4v) is 2.48. The van der Waals surface area contributed by atoms with Gasteiger partial charge in [0.2, 0.25) is 0 Å². The second kappa shape index (κ2) is 5.93. The first kappa shape index (κ1) is 15.6. The van der Waals surface area contributed by atoms with Gasteiger partial charge in [0.1, 0.15) is 6.09 Å². The van der Waals surface area contributed by atoms with E-state index in [1.54, 1.807) is 6.07 Å². The molecule has 1 amide bonds. The maximum atomic E-state index is 12.7. The number of amides is 1. The standard InChI is InChI=1S/C14H17F3N2O2/c1-10(18-5-7-19(8-6-18)13(20)21)11-3-2-4-12(9-11)14(15,16)17/h2-4,9-10H,5-8H2,1H3,(H,20,21)/p-1. The average Bonchev–Trinajstić information content (AvgIpc) is 2.46. The molecule has 1 atom stereocenters. The number of carbonyl (C=O) groups is 1. The van der Waals surface area contributed by atoms with Gasteiger partial charge in [-0.15, -0.1) is 0 Å². The molecule has 1 unspecified atom stereocenters. The SMILES string of the molecule is CC(c1cccc(C(F)(F)F)c1)N1CCN(C(=O)[O-])CC1. The maximum Gasteiger partial charge on any atom is 0.416 e. The number of carbonyl (C=O) groups excluding carboxylic acids is 1. The van der Waals surface area contributed by atoms with Gasteiger partial charge in [0.15, 0.2) is 0 Å². The van der Waals surface area contributed by atoms with Crippen LogP contribution in [0.1, 0.15) is 24.1 Å². The van der Waals surface area contributed by atoms with E-state index in [0.717, 1.165) is 12.1 Å². The number of rotatable bonds is 2. The van der Waals surface area contributed by atoms with Gasteiger partial charge in [0.05, 0.1) is 5.56 Å². The fraction of sp³-hybridized carbons (Fsp3) is 0.500. The van der Waals surface area contributed by atoms with E-state index < -0.39 is 17.8 Å². The lowest BCUT2D eigenvalue weighted by Gasteiger charge is -2.39. The molecule has 1 aliphatic rings. The summed E-state index contributed by atoms with van der Waals surface area (Å²) in [4.78, 5) is 13.9. The van der Waals surface area contributed by atoms with Crippen LogP contribution < -0.4 is 5.11 Å². The monoisotopic (exact) mass is 301 g/mol. The number of hydrogen-bond acceptors (Lipinski definition) is 3. The summed E-state index contributed by atoms with van der Waals surface area (Å²) in [7, 11) is 0. The maximum absolute atomic E-state index is 12.7. The Morgan fingerprint density at radius 2 is 1.86 bits per heavy atom. The van der Waals surface area contributed by atoms with Crippen LogP contribution in [0, 0.1) is 0 Å². The van der Waals surface area contributed by atoms with Gasteiger partial charge in [-0.2, -0.15) is 13.2 Å². The quantitative estimate of drug-likeness (QED) is 0.836. The van der Waals surface area contributed by atoms with Crippen LogP contribution in [0.2, 0.25) is 0 Å². The fourth-order valence-electron chi connectivity index (χ4n) is 2.48. The highest BCUT2D eigenvalue weighted by Gasteiger charge is 2.31. The Morgan fingerprint density at radius 1 is 1.24 bits per heavy atom. The van der Waals surface area contributed by atoms with E-state index in [9.17, 15) is 23.1 Å². The Balaban J connectivity index is 2.07. The van der Waals surface area contributed by atoms with Crippen molar-refractivity contribution in [2.45, 2.75) is 19.1 Å². The molecule has 1 fully saturated rings. The average molecular weight is 301 g/mol. The van der Waals surface area contributed by atoms with Crippen LogP contribution in [0.25, 0.3) is 0 Å². The number of nitrogens with zero attached hydrogens (tertiary/aromatic N) is 2. The predicted molar refractivity (Wildman–Crippen MR) is 68.4 cm³/mol. The molecule has 0 N–H and O–H groups in total. The third kappa shape index (κ3) is 3.66. The summed E-state index contributed by atoms with van der Waals surface area (Å²) in [5, 5.41) is 10.7. The molecule has 1 aliphatic heterocycles. The summed E-state index contributed by atoms with van der Waals surface area (Å²) in [5.41, 5.74) is -0.0908. The molecule has 1 aromatic rings. The Hall–Kier alpha value is -1.76. The molecular weight excluding hydrogens is 285 g/mol. The minimum absolute atomic E-state index is 0.198. The van der Waals surface area contributed by atoms with Crippen LogP contribution in [0.5, 0.6) is 0 Å². The zero-order chi connectivity index (χ0) is 15.6. The summed E-state index contributed by atoms with van der Waals surface area (Å²) >= 11 is 0. The van der Waals surface area contributed by atoms with Gasteiger partial charge in [0, 0.05) is 32.2 Å². The summed E-state index contributed by atoms with van der Waals surface area (Å²) in [6.45, 7) is 3.40. The van der Waals surface area contributed by atoms with Crippen molar-refractivity contribution >= 4 is 6.09 Å². The van der Waals surface area contributed by atoms with Crippen LogP contribution in [0.15, 0.2) is 24.3 Å². The second-order valence-corrected chi connectivity index (χ2v) is 5.09. The topological polar surface area (TPSA) is 46.6 Å². The third-order valence-corrected chi connectivity index (χ3v) is 3.82. The number of carboxylic acid groups (broad SMARTS) is 1. The van der Waals surface area contributed by atoms with Crippen LogP contribution in [0.3, 0.4) is 0 Å². The van der Waals surface area contributed by atoms with Crippen LogP contribution in [-0.4, -0.2) is 42.1 Å². The number of piperazine rings is 1. The Morgan fingerprint density at radius 3 is 2.38 bits per heavy atom. The number of halogens is 3. The van der Waals surface area contributed by atoms with Crippen molar-refractivity contribution in [1.82, 2.24) is 9.80 Å². The number of hydrogen-bond donors (Lipinski definition) is 0. The second-order valence-electron chi connectivity index (χ2n) is 5.09. The molecule has 1 aromatic carbocycles. The molecule has 0 saturated carbocycles. The van der Waals surface area contributed by atoms with Crippen molar-refractivity contribution in [3.8, 4) is 0 Å². The molecule has 116 valence electrons. The van der Waals surface area contributed by atoms with E-state index in [2.05, 4.69) is 0 Å². The van der Waals surface area contributed by atoms with E-state index in [0.29, 0.717) is 31.7 Å². The molecular formula is C14H16F3N2O2-. The van der Waals surface area contributed by atoms with E-state index in [1.807, 2.05) is 11.8 Å². The largest absolute Gasteiger partial charge is 0.530 e. The highest BCUT2D eigenvalue weighted by molar-refractivity contribution is 5.62. The van der Waals surface area contributed by atoms with Gasteiger partial charge in [-0.1, -0.05) is 12.1 Å². The van der Waals surface area contributed by atoms with E-state index in [-0.39, 0.29) is 6.04 Å². The molecule has 0 spiro atoms. The lowest BCUT2D eigenvalue weighted by molar-refractivity contribution is -0.267. The lowest BCUT2D eigenvalue weighted by Crippen LogP contribution is -2.52. The van der Waals surface area contributed by atoms with E-state index in [1.165, 1.54) is 11.0 Å². The van der Waals surface area contributed by atoms with Crippen molar-refractivity contribution in [2.75, 3.05) is 26.2 Å². The van der Waals surface area contributed by atoms with E-state index >= 15 is 0 Å². The zero-order valence-electron chi connectivity index (χ0n) is 11.6. The molecule has 2 rings (SSSR count). The molecule has 0 aliphatic carbocycles. The van der Waals surface area contributed by atoms with Gasteiger partial charge in [-0.05, 0) is 24.6 Å². The van der Waals surface area contributed by atoms with Gasteiger partial charge >= 0.3 is 6.18 Å². The van der Waals surface area contributed by atoms with Crippen LogP contribution >= 0.6 is 0 Å². The summed E-state index contributed by atoms with van der Waals surface area (Å²) in [5.74, 6) is 0. The Bertz CT molecular complexity index is 511. The molecule has 1 saturated heterocycles. The predicted octanol–water partition coefficient (Wildman–Crippen LogP) is 1.73. The number of benzene rings is 1. The zero-order valence-corrected chi connectivity index (χ0v) is 11.6. The molecule has 1 heterocycles. The van der Waals surface area contributed by atoms with Gasteiger partial charge < -0.3 is 14.8 Å². The molecule has 7 heteroatoms. The van der Waals surface area contributed by atoms with Crippen LogP contribution in [0.4, 0.5) is 18.0 Å². The Kier molecular flexibility index (Phi) is 4.41. The van der Waals surface area contributed by atoms with Crippen LogP contribution in [-0.2, 0) is 6.18 Å².